The van der Waals surface area contributed by atoms with Crippen LogP contribution in [-0.2, 0) is 0 Å². The second-order valence-corrected chi connectivity index (χ2v) is 10.7. The quantitative estimate of drug-likeness (QED) is 0.112. The monoisotopic (exact) mass is 673 g/mol. The smallest absolute Gasteiger partial charge is 0.280 e. The van der Waals surface area contributed by atoms with E-state index in [-0.39, 0.29) is 0 Å². The molecule has 1 aliphatic heterocycles. The Labute approximate surface area is 251 Å². The van der Waals surface area contributed by atoms with Crippen LogP contribution >= 0.6 is 0 Å². The van der Waals surface area contributed by atoms with E-state index in [0.29, 0.717) is 12.2 Å². The van der Waals surface area contributed by atoms with Gasteiger partial charge in [0.1, 0.15) is 0 Å². The van der Waals surface area contributed by atoms with Crippen LogP contribution in [0.5, 0.6) is 0 Å². The van der Waals surface area contributed by atoms with Crippen LogP contribution in [0.3, 0.4) is 0 Å². The molecule has 3 aromatic rings. The van der Waals surface area contributed by atoms with Crippen molar-refractivity contribution in [2.75, 3.05) is 0 Å². The molecule has 0 saturated heterocycles. The summed E-state index contributed by atoms with van der Waals surface area (Å²) in [5.41, 5.74) is -6.89. The van der Waals surface area contributed by atoms with Crippen LogP contribution in [0.4, 0.5) is 65.9 Å². The third-order valence-electron chi connectivity index (χ3n) is 7.45. The minimum absolute atomic E-state index is 0.524. The fourth-order valence-electron chi connectivity index (χ4n) is 5.63. The lowest BCUT2D eigenvalue weighted by atomic mass is 9.23. The maximum absolute atomic E-state index is 15.3. The Bertz CT molecular complexity index is 1670. The van der Waals surface area contributed by atoms with Crippen LogP contribution < -0.4 is 10.9 Å². The molecule has 0 N–H and O–H groups in total. The van der Waals surface area contributed by atoms with Gasteiger partial charge in [0.15, 0.2) is 81.4 Å². The van der Waals surface area contributed by atoms with Gasteiger partial charge in [0.25, 0.3) is 6.85 Å². The molecule has 0 fully saturated rings. The second kappa shape index (κ2) is 12.4. The second-order valence-electron chi connectivity index (χ2n) is 10.7. The molecule has 1 aliphatic rings. The first-order valence-electron chi connectivity index (χ1n) is 13.0. The topological polar surface area (TPSA) is 3.24 Å². The SMILES string of the molecule is CC(C)N(B1C(B(c2c(F)c(F)c(F)c(F)c2F)c2c(F)c(F)c(F)c(F)c2F)=CC=C1c1c(F)c(F)c(F)c(F)c1F)C(C)C. The Morgan fingerprint density at radius 2 is 0.717 bits per heavy atom. The Morgan fingerprint density at radius 3 is 1.02 bits per heavy atom. The zero-order chi connectivity index (χ0) is 34.8. The van der Waals surface area contributed by atoms with Crippen LogP contribution in [0, 0.1) is 87.3 Å². The molecule has 0 radical (unpaired) electrons. The zero-order valence-electron chi connectivity index (χ0n) is 23.6. The van der Waals surface area contributed by atoms with Gasteiger partial charge in [0.2, 0.25) is 12.5 Å². The number of allylic oxidation sites excluding steroid dienone is 2. The van der Waals surface area contributed by atoms with E-state index in [1.165, 1.54) is 27.7 Å². The van der Waals surface area contributed by atoms with E-state index in [2.05, 4.69) is 0 Å². The molecule has 0 saturated carbocycles. The predicted molar refractivity (Wildman–Crippen MR) is 138 cm³/mol. The van der Waals surface area contributed by atoms with Crippen LogP contribution in [0.15, 0.2) is 17.5 Å². The van der Waals surface area contributed by atoms with Crippen molar-refractivity contribution in [2.24, 2.45) is 0 Å². The van der Waals surface area contributed by atoms with Gasteiger partial charge in [-0.05, 0) is 17.6 Å². The number of benzene rings is 3. The molecule has 1 nitrogen and oxygen atoms in total. The fourth-order valence-corrected chi connectivity index (χ4v) is 5.63. The molecule has 46 heavy (non-hydrogen) atoms. The van der Waals surface area contributed by atoms with Gasteiger partial charge in [-0.15, -0.1) is 0 Å². The van der Waals surface area contributed by atoms with Crippen molar-refractivity contribution in [2.45, 2.75) is 39.8 Å². The normalized spacial score (nSPS) is 13.5. The standard InChI is InChI=1S/C28H16B2F15N/c1-7(2)46(8(3)4)30-9(11-14(31)20(37)26(43)21(38)15(11)32)5-6-10(30)29(12-16(33)22(39)27(44)23(40)17(12)34)13-18(35)24(41)28(45)25(42)19(13)36/h5-8H,1-4H3. The van der Waals surface area contributed by atoms with Crippen molar-refractivity contribution in [3.8, 4) is 0 Å². The first-order chi connectivity index (χ1) is 21.3. The minimum atomic E-state index is -3.14. The molecule has 0 aliphatic carbocycles. The first-order valence-corrected chi connectivity index (χ1v) is 13.0. The molecule has 0 atom stereocenters. The van der Waals surface area contributed by atoms with Crippen LogP contribution in [0.2, 0.25) is 0 Å². The number of halogens is 15. The van der Waals surface area contributed by atoms with Gasteiger partial charge in [-0.25, -0.2) is 65.9 Å². The van der Waals surface area contributed by atoms with Gasteiger partial charge in [0, 0.05) is 16.5 Å². The molecule has 1 heterocycles. The zero-order valence-corrected chi connectivity index (χ0v) is 23.6. The fraction of sp³-hybridized carbons (Fsp3) is 0.214. The Hall–Kier alpha value is -3.82. The summed E-state index contributed by atoms with van der Waals surface area (Å²) < 4.78 is 220. The van der Waals surface area contributed by atoms with Crippen molar-refractivity contribution in [1.29, 1.82) is 0 Å². The summed E-state index contributed by atoms with van der Waals surface area (Å²) in [7, 11) is 0. The van der Waals surface area contributed by atoms with Crippen molar-refractivity contribution < 1.29 is 65.9 Å². The highest BCUT2D eigenvalue weighted by atomic mass is 19.2. The minimum Gasteiger partial charge on any atom is -0.330 e. The van der Waals surface area contributed by atoms with E-state index in [9.17, 15) is 39.5 Å². The molecule has 0 amide bonds. The van der Waals surface area contributed by atoms with E-state index in [0.717, 1.165) is 4.81 Å². The maximum Gasteiger partial charge on any atom is 0.280 e. The largest absolute Gasteiger partial charge is 0.330 e. The van der Waals surface area contributed by atoms with Gasteiger partial charge >= 0.3 is 0 Å². The summed E-state index contributed by atoms with van der Waals surface area (Å²) in [6, 6.07) is -1.82. The summed E-state index contributed by atoms with van der Waals surface area (Å²) in [5.74, 6) is -39.9. The number of hydrogen-bond acceptors (Lipinski definition) is 1. The Balaban J connectivity index is 2.20. The number of rotatable bonds is 7. The molecular weight excluding hydrogens is 657 g/mol. The van der Waals surface area contributed by atoms with Gasteiger partial charge < -0.3 is 4.81 Å². The average Bonchev–Trinajstić information content (AvgIpc) is 3.40. The van der Waals surface area contributed by atoms with Gasteiger partial charge in [0.05, 0.1) is 0 Å². The van der Waals surface area contributed by atoms with Crippen molar-refractivity contribution in [3.63, 3.8) is 0 Å². The van der Waals surface area contributed by atoms with Crippen LogP contribution in [-0.4, -0.2) is 30.5 Å². The first kappa shape index (κ1) is 35.0. The van der Waals surface area contributed by atoms with E-state index < -0.39 is 140 Å². The third-order valence-corrected chi connectivity index (χ3v) is 7.45. The average molecular weight is 673 g/mol. The molecule has 4 rings (SSSR count). The summed E-state index contributed by atoms with van der Waals surface area (Å²) in [5, 5.41) is -1.02. The lowest BCUT2D eigenvalue weighted by Crippen LogP contribution is -2.59. The highest BCUT2D eigenvalue weighted by molar-refractivity contribution is 7.07. The Kier molecular flexibility index (Phi) is 9.46. The Morgan fingerprint density at radius 1 is 0.435 bits per heavy atom. The summed E-state index contributed by atoms with van der Waals surface area (Å²) in [6.45, 7) is 0.184. The summed E-state index contributed by atoms with van der Waals surface area (Å²) in [4.78, 5) is 1.10. The molecule has 0 aromatic heterocycles. The molecule has 18 heteroatoms. The molecule has 0 unspecified atom stereocenters. The van der Waals surface area contributed by atoms with Gasteiger partial charge in [-0.2, -0.15) is 0 Å². The van der Waals surface area contributed by atoms with Crippen LogP contribution in [0.1, 0.15) is 33.3 Å². The van der Waals surface area contributed by atoms with E-state index >= 15 is 26.3 Å². The summed E-state index contributed by atoms with van der Waals surface area (Å²) in [6.07, 6.45) is 1.08. The number of nitrogens with zero attached hydrogens (tertiary/aromatic N) is 1. The van der Waals surface area contributed by atoms with Crippen molar-refractivity contribution >= 4 is 30.0 Å². The third kappa shape index (κ3) is 5.17. The summed E-state index contributed by atoms with van der Waals surface area (Å²) >= 11 is 0. The highest BCUT2D eigenvalue weighted by Crippen LogP contribution is 2.38. The van der Waals surface area contributed by atoms with E-state index in [1.807, 2.05) is 0 Å². The lowest BCUT2D eigenvalue weighted by molar-refractivity contribution is 0.309. The molecular formula is C28H16B2F15N. The predicted octanol–water partition coefficient (Wildman–Crippen LogP) is 7.13. The van der Waals surface area contributed by atoms with Crippen molar-refractivity contribution in [3.05, 3.63) is 110 Å². The molecule has 0 spiro atoms. The van der Waals surface area contributed by atoms with Crippen molar-refractivity contribution in [1.82, 2.24) is 4.81 Å². The lowest BCUT2D eigenvalue weighted by Gasteiger charge is -2.39. The van der Waals surface area contributed by atoms with Crippen LogP contribution in [0.25, 0.3) is 5.47 Å². The van der Waals surface area contributed by atoms with Gasteiger partial charge in [-0.3, -0.25) is 0 Å². The van der Waals surface area contributed by atoms with E-state index in [1.54, 1.807) is 0 Å². The van der Waals surface area contributed by atoms with E-state index in [4.69, 9.17) is 0 Å². The molecule has 3 aromatic carbocycles. The molecule has 0 bridgehead atoms. The van der Waals surface area contributed by atoms with Gasteiger partial charge in [-0.1, -0.05) is 45.2 Å². The maximum atomic E-state index is 15.3. The molecule has 244 valence electrons. The highest BCUT2D eigenvalue weighted by Gasteiger charge is 2.49. The number of hydrogen-bond donors (Lipinski definition) is 0.